The van der Waals surface area contributed by atoms with Gasteiger partial charge in [-0.15, -0.1) is 0 Å². The molecule has 0 bridgehead atoms. The number of fused-ring (bicyclic) bond motifs is 1. The molecule has 1 aromatic heterocycles. The molecule has 0 aliphatic heterocycles. The maximum atomic E-state index is 11.7. The number of rotatable bonds is 7. The van der Waals surface area contributed by atoms with Crippen LogP contribution < -0.4 is 4.74 Å². The SMILES string of the molecule is Cc1c(-c2ccccc2)cccc1-c1nc2cc(C=O)c(OCCCC#N)c(C)c2o1. The number of aryl methyl sites for hydroxylation is 1. The highest BCUT2D eigenvalue weighted by Crippen LogP contribution is 2.36. The van der Waals surface area contributed by atoms with E-state index in [1.54, 1.807) is 6.07 Å². The number of nitrogens with zero attached hydrogens (tertiary/aromatic N) is 2. The highest BCUT2D eigenvalue weighted by Gasteiger charge is 2.19. The lowest BCUT2D eigenvalue weighted by atomic mass is 9.96. The predicted octanol–water partition coefficient (Wildman–Crippen LogP) is 6.27. The number of benzene rings is 3. The molecule has 0 radical (unpaired) electrons. The van der Waals surface area contributed by atoms with Crippen LogP contribution in [-0.4, -0.2) is 17.9 Å². The molecule has 1 heterocycles. The van der Waals surface area contributed by atoms with Gasteiger partial charge in [0.1, 0.15) is 11.3 Å². The maximum Gasteiger partial charge on any atom is 0.227 e. The van der Waals surface area contributed by atoms with Crippen LogP contribution >= 0.6 is 0 Å². The molecule has 0 aliphatic carbocycles. The van der Waals surface area contributed by atoms with Crippen LogP contribution in [0.3, 0.4) is 0 Å². The first kappa shape index (κ1) is 20.4. The molecule has 31 heavy (non-hydrogen) atoms. The molecule has 0 atom stereocenters. The number of hydrogen-bond acceptors (Lipinski definition) is 5. The largest absolute Gasteiger partial charge is 0.492 e. The summed E-state index contributed by atoms with van der Waals surface area (Å²) in [4.78, 5) is 16.3. The lowest BCUT2D eigenvalue weighted by Crippen LogP contribution is -2.02. The quantitative estimate of drug-likeness (QED) is 0.265. The fourth-order valence-electron chi connectivity index (χ4n) is 3.75. The summed E-state index contributed by atoms with van der Waals surface area (Å²) in [6, 6.07) is 20.0. The Balaban J connectivity index is 1.78. The van der Waals surface area contributed by atoms with Gasteiger partial charge in [-0.3, -0.25) is 4.79 Å². The van der Waals surface area contributed by atoms with E-state index in [2.05, 4.69) is 36.2 Å². The monoisotopic (exact) mass is 410 g/mol. The Morgan fingerprint density at radius 3 is 2.58 bits per heavy atom. The van der Waals surface area contributed by atoms with E-state index in [0.29, 0.717) is 47.8 Å². The third-order valence-corrected chi connectivity index (χ3v) is 5.34. The Kier molecular flexibility index (Phi) is 5.81. The minimum Gasteiger partial charge on any atom is -0.492 e. The van der Waals surface area contributed by atoms with Crippen LogP contribution in [0.15, 0.2) is 59.0 Å². The number of oxazole rings is 1. The average molecular weight is 410 g/mol. The van der Waals surface area contributed by atoms with Gasteiger partial charge in [0.15, 0.2) is 11.9 Å². The van der Waals surface area contributed by atoms with Gasteiger partial charge in [-0.2, -0.15) is 5.26 Å². The summed E-state index contributed by atoms with van der Waals surface area (Å²) in [5.74, 6) is 0.991. The number of unbranched alkanes of at least 4 members (excludes halogenated alkanes) is 1. The van der Waals surface area contributed by atoms with E-state index >= 15 is 0 Å². The maximum absolute atomic E-state index is 11.7. The number of aldehydes is 1. The van der Waals surface area contributed by atoms with Gasteiger partial charge < -0.3 is 9.15 Å². The van der Waals surface area contributed by atoms with Crippen LogP contribution in [-0.2, 0) is 0 Å². The summed E-state index contributed by atoms with van der Waals surface area (Å²) in [6.45, 7) is 4.27. The molecule has 4 rings (SSSR count). The Bertz CT molecular complexity index is 1280. The van der Waals surface area contributed by atoms with Gasteiger partial charge in [-0.25, -0.2) is 4.98 Å². The zero-order chi connectivity index (χ0) is 21.8. The van der Waals surface area contributed by atoms with Crippen molar-refractivity contribution >= 4 is 17.4 Å². The lowest BCUT2D eigenvalue weighted by Gasteiger charge is -2.10. The van der Waals surface area contributed by atoms with Crippen LogP contribution in [0.2, 0.25) is 0 Å². The smallest absolute Gasteiger partial charge is 0.227 e. The fraction of sp³-hybridized carbons (Fsp3) is 0.192. The molecule has 0 fully saturated rings. The summed E-state index contributed by atoms with van der Waals surface area (Å²) in [6.07, 6.45) is 1.77. The first-order valence-electron chi connectivity index (χ1n) is 10.2. The second-order valence-electron chi connectivity index (χ2n) is 7.36. The highest BCUT2D eigenvalue weighted by atomic mass is 16.5. The Hall–Kier alpha value is -3.91. The lowest BCUT2D eigenvalue weighted by molar-refractivity contribution is 0.111. The predicted molar refractivity (Wildman–Crippen MR) is 120 cm³/mol. The minimum absolute atomic E-state index is 0.361. The number of aromatic nitrogens is 1. The Morgan fingerprint density at radius 2 is 1.84 bits per heavy atom. The van der Waals surface area contributed by atoms with E-state index in [1.807, 2.05) is 37.3 Å². The van der Waals surface area contributed by atoms with Crippen molar-refractivity contribution in [2.45, 2.75) is 26.7 Å². The number of hydrogen-bond donors (Lipinski definition) is 0. The van der Waals surface area contributed by atoms with Crippen LogP contribution in [0, 0.1) is 25.2 Å². The third-order valence-electron chi connectivity index (χ3n) is 5.34. The first-order chi connectivity index (χ1) is 15.1. The van der Waals surface area contributed by atoms with Gasteiger partial charge in [0.05, 0.1) is 18.2 Å². The van der Waals surface area contributed by atoms with E-state index in [0.717, 1.165) is 34.1 Å². The molecule has 0 saturated carbocycles. The molecule has 154 valence electrons. The molecule has 0 N–H and O–H groups in total. The summed E-state index contributed by atoms with van der Waals surface area (Å²) in [5.41, 5.74) is 6.59. The van der Waals surface area contributed by atoms with Gasteiger partial charge in [-0.1, -0.05) is 42.5 Å². The minimum atomic E-state index is 0.361. The van der Waals surface area contributed by atoms with Crippen molar-refractivity contribution in [2.24, 2.45) is 0 Å². The number of carbonyl (C=O) groups excluding carboxylic acids is 1. The van der Waals surface area contributed by atoms with Crippen molar-refractivity contribution in [3.05, 3.63) is 71.3 Å². The van der Waals surface area contributed by atoms with E-state index < -0.39 is 0 Å². The molecule has 5 nitrogen and oxygen atoms in total. The normalized spacial score (nSPS) is 10.7. The standard InChI is InChI=1S/C26H22N2O3/c1-17-21(19-9-4-3-5-10-19)11-8-12-22(17)26-28-23-15-20(16-29)24(18(2)25(23)31-26)30-14-7-6-13-27/h3-5,8-12,15-16H,6-7,14H2,1-2H3. The fourth-order valence-corrected chi connectivity index (χ4v) is 3.75. The molecule has 0 saturated heterocycles. The molecule has 0 spiro atoms. The number of carbonyl (C=O) groups is 1. The van der Waals surface area contributed by atoms with Gasteiger partial charge >= 0.3 is 0 Å². The Labute approximate surface area is 180 Å². The van der Waals surface area contributed by atoms with Crippen molar-refractivity contribution in [2.75, 3.05) is 6.61 Å². The van der Waals surface area contributed by atoms with Gasteiger partial charge in [0.25, 0.3) is 0 Å². The van der Waals surface area contributed by atoms with Crippen molar-refractivity contribution in [3.8, 4) is 34.4 Å². The van der Waals surface area contributed by atoms with E-state index in [9.17, 15) is 4.79 Å². The second kappa shape index (κ2) is 8.85. The second-order valence-corrected chi connectivity index (χ2v) is 7.36. The van der Waals surface area contributed by atoms with Gasteiger partial charge in [0.2, 0.25) is 5.89 Å². The van der Waals surface area contributed by atoms with E-state index in [4.69, 9.17) is 14.4 Å². The first-order valence-corrected chi connectivity index (χ1v) is 10.2. The summed E-state index contributed by atoms with van der Waals surface area (Å²) < 4.78 is 12.0. The van der Waals surface area contributed by atoms with Gasteiger partial charge in [-0.05, 0) is 49.1 Å². The summed E-state index contributed by atoms with van der Waals surface area (Å²) in [7, 11) is 0. The molecule has 0 aliphatic rings. The Morgan fingerprint density at radius 1 is 1.06 bits per heavy atom. The topological polar surface area (TPSA) is 76.1 Å². The zero-order valence-electron chi connectivity index (χ0n) is 17.5. The zero-order valence-corrected chi connectivity index (χ0v) is 17.5. The van der Waals surface area contributed by atoms with Crippen molar-refractivity contribution < 1.29 is 13.9 Å². The molecular weight excluding hydrogens is 388 g/mol. The molecule has 3 aromatic carbocycles. The van der Waals surface area contributed by atoms with Crippen LogP contribution in [0.5, 0.6) is 5.75 Å². The van der Waals surface area contributed by atoms with Crippen molar-refractivity contribution in [1.82, 2.24) is 4.98 Å². The molecule has 0 amide bonds. The summed E-state index contributed by atoms with van der Waals surface area (Å²) in [5, 5.41) is 8.70. The molecular formula is C26H22N2O3. The van der Waals surface area contributed by atoms with Crippen molar-refractivity contribution in [3.63, 3.8) is 0 Å². The van der Waals surface area contributed by atoms with Crippen LogP contribution in [0.1, 0.15) is 34.3 Å². The molecule has 5 heteroatoms. The van der Waals surface area contributed by atoms with Crippen LogP contribution in [0.4, 0.5) is 0 Å². The van der Waals surface area contributed by atoms with Crippen LogP contribution in [0.25, 0.3) is 33.7 Å². The van der Waals surface area contributed by atoms with E-state index in [1.165, 1.54) is 0 Å². The van der Waals surface area contributed by atoms with Crippen molar-refractivity contribution in [1.29, 1.82) is 5.26 Å². The number of ether oxygens (including phenoxy) is 1. The van der Waals surface area contributed by atoms with Gasteiger partial charge in [0, 0.05) is 17.5 Å². The highest BCUT2D eigenvalue weighted by molar-refractivity contribution is 5.92. The summed E-state index contributed by atoms with van der Waals surface area (Å²) >= 11 is 0. The number of nitriles is 1. The van der Waals surface area contributed by atoms with E-state index in [-0.39, 0.29) is 0 Å². The third kappa shape index (κ3) is 3.93. The molecule has 0 unspecified atom stereocenters. The molecule has 4 aromatic rings. The average Bonchev–Trinajstić information content (AvgIpc) is 3.22.